The van der Waals surface area contributed by atoms with Crippen LogP contribution in [0.25, 0.3) is 0 Å². The number of likely N-dealkylation sites (tertiary alicyclic amines) is 1. The highest BCUT2D eigenvalue weighted by Gasteiger charge is 2.38. The normalized spacial score (nSPS) is 21.1. The second kappa shape index (κ2) is 5.74. The lowest BCUT2D eigenvalue weighted by Gasteiger charge is -2.19. The van der Waals surface area contributed by atoms with Crippen LogP contribution in [0, 0.1) is 5.82 Å². The van der Waals surface area contributed by atoms with Crippen molar-refractivity contribution >= 4 is 5.78 Å². The number of benzene rings is 2. The van der Waals surface area contributed by atoms with Crippen molar-refractivity contribution < 1.29 is 9.18 Å². The Hall–Kier alpha value is -2.26. The number of carbonyl (C=O) groups excluding carboxylic acids is 1. The van der Waals surface area contributed by atoms with Crippen LogP contribution in [0.3, 0.4) is 0 Å². The summed E-state index contributed by atoms with van der Waals surface area (Å²) in [4.78, 5) is 15.0. The first-order valence-electron chi connectivity index (χ1n) is 7.97. The third-order valence-corrected chi connectivity index (χ3v) is 4.81. The minimum Gasteiger partial charge on any atom is -0.294 e. The van der Waals surface area contributed by atoms with E-state index < -0.39 is 0 Å². The number of hydrogen-bond donors (Lipinski definition) is 0. The van der Waals surface area contributed by atoms with Crippen LogP contribution in [0.2, 0.25) is 0 Å². The first-order valence-corrected chi connectivity index (χ1v) is 7.97. The maximum Gasteiger partial charge on any atom is 0.167 e. The van der Waals surface area contributed by atoms with Crippen molar-refractivity contribution in [3.05, 3.63) is 82.7 Å². The van der Waals surface area contributed by atoms with Crippen LogP contribution in [0.5, 0.6) is 0 Å². The molecule has 2 nitrogen and oxygen atoms in total. The van der Waals surface area contributed by atoms with Crippen molar-refractivity contribution in [1.29, 1.82) is 0 Å². The SMILES string of the molecule is O=C1C2=C(CC1c1ccccc1)CN(Cc1ccc(F)cc1)C2. The van der Waals surface area contributed by atoms with Crippen LogP contribution in [-0.2, 0) is 11.3 Å². The third kappa shape index (κ3) is 2.73. The van der Waals surface area contributed by atoms with Crippen molar-refractivity contribution in [1.82, 2.24) is 4.90 Å². The molecular formula is C20H18FNO. The molecule has 0 radical (unpaired) electrons. The summed E-state index contributed by atoms with van der Waals surface area (Å²) < 4.78 is 13.0. The molecule has 1 heterocycles. The van der Waals surface area contributed by atoms with Crippen LogP contribution in [0.15, 0.2) is 65.7 Å². The predicted octanol–water partition coefficient (Wildman–Crippen LogP) is 3.69. The van der Waals surface area contributed by atoms with Crippen LogP contribution < -0.4 is 0 Å². The molecule has 2 aromatic rings. The number of nitrogens with zero attached hydrogens (tertiary/aromatic N) is 1. The summed E-state index contributed by atoms with van der Waals surface area (Å²) in [7, 11) is 0. The Morgan fingerprint density at radius 2 is 1.74 bits per heavy atom. The maximum atomic E-state index is 13.0. The highest BCUT2D eigenvalue weighted by Crippen LogP contribution is 2.39. The average Bonchev–Trinajstić information content (AvgIpc) is 3.10. The molecule has 0 saturated heterocycles. The van der Waals surface area contributed by atoms with Gasteiger partial charge in [-0.05, 0) is 35.3 Å². The molecule has 1 atom stereocenters. The van der Waals surface area contributed by atoms with Crippen LogP contribution >= 0.6 is 0 Å². The number of rotatable bonds is 3. The summed E-state index contributed by atoms with van der Waals surface area (Å²) in [5.41, 5.74) is 4.49. The topological polar surface area (TPSA) is 20.3 Å². The molecule has 1 aliphatic carbocycles. The molecule has 1 unspecified atom stereocenters. The van der Waals surface area contributed by atoms with E-state index in [4.69, 9.17) is 0 Å². The summed E-state index contributed by atoms with van der Waals surface area (Å²) in [5, 5.41) is 0. The molecule has 0 N–H and O–H groups in total. The second-order valence-corrected chi connectivity index (χ2v) is 6.39. The number of carbonyl (C=O) groups is 1. The zero-order valence-electron chi connectivity index (χ0n) is 12.8. The molecule has 4 rings (SSSR count). The fourth-order valence-corrected chi connectivity index (χ4v) is 3.66. The van der Waals surface area contributed by atoms with Gasteiger partial charge in [-0.3, -0.25) is 9.69 Å². The van der Waals surface area contributed by atoms with Crippen LogP contribution in [0.4, 0.5) is 4.39 Å². The van der Waals surface area contributed by atoms with Crippen LogP contribution in [-0.4, -0.2) is 23.8 Å². The Morgan fingerprint density at radius 1 is 1.00 bits per heavy atom. The number of ketones is 1. The summed E-state index contributed by atoms with van der Waals surface area (Å²) >= 11 is 0. The molecular weight excluding hydrogens is 289 g/mol. The quantitative estimate of drug-likeness (QED) is 0.862. The molecule has 116 valence electrons. The minimum atomic E-state index is -0.211. The first-order chi connectivity index (χ1) is 11.2. The van der Waals surface area contributed by atoms with E-state index in [-0.39, 0.29) is 17.5 Å². The van der Waals surface area contributed by atoms with Gasteiger partial charge < -0.3 is 0 Å². The zero-order chi connectivity index (χ0) is 15.8. The molecule has 3 heteroatoms. The summed E-state index contributed by atoms with van der Waals surface area (Å²) in [6, 6.07) is 16.7. The third-order valence-electron chi connectivity index (χ3n) is 4.81. The van der Waals surface area contributed by atoms with Gasteiger partial charge in [0, 0.05) is 25.2 Å². The number of hydrogen-bond acceptors (Lipinski definition) is 2. The van der Waals surface area contributed by atoms with E-state index in [9.17, 15) is 9.18 Å². The molecule has 0 amide bonds. The van der Waals surface area contributed by atoms with E-state index in [1.807, 2.05) is 42.5 Å². The molecule has 2 aliphatic rings. The summed E-state index contributed by atoms with van der Waals surface area (Å²) in [5.74, 6) is 0.0821. The zero-order valence-corrected chi connectivity index (χ0v) is 12.8. The van der Waals surface area contributed by atoms with Gasteiger partial charge in [0.15, 0.2) is 5.78 Å². The fourth-order valence-electron chi connectivity index (χ4n) is 3.66. The largest absolute Gasteiger partial charge is 0.294 e. The van der Waals surface area contributed by atoms with Crippen molar-refractivity contribution in [2.24, 2.45) is 0 Å². The molecule has 0 aromatic heterocycles. The van der Waals surface area contributed by atoms with E-state index >= 15 is 0 Å². The summed E-state index contributed by atoms with van der Waals surface area (Å²) in [6.07, 6.45) is 0.845. The van der Waals surface area contributed by atoms with E-state index in [2.05, 4.69) is 4.90 Å². The monoisotopic (exact) mass is 307 g/mol. The van der Waals surface area contributed by atoms with Crippen molar-refractivity contribution in [3.8, 4) is 0 Å². The van der Waals surface area contributed by atoms with Gasteiger partial charge in [-0.1, -0.05) is 42.5 Å². The van der Waals surface area contributed by atoms with Gasteiger partial charge in [0.1, 0.15) is 5.82 Å². The molecule has 23 heavy (non-hydrogen) atoms. The smallest absolute Gasteiger partial charge is 0.167 e. The maximum absolute atomic E-state index is 13.0. The standard InChI is InChI=1S/C20H18FNO/c21-17-8-6-14(7-9-17)11-22-12-16-10-18(20(23)19(16)13-22)15-4-2-1-3-5-15/h1-9,18H,10-13H2. The molecule has 1 aliphatic heterocycles. The van der Waals surface area contributed by atoms with Crippen molar-refractivity contribution in [3.63, 3.8) is 0 Å². The molecule has 0 spiro atoms. The van der Waals surface area contributed by atoms with Crippen LogP contribution in [0.1, 0.15) is 23.5 Å². The van der Waals surface area contributed by atoms with Gasteiger partial charge in [0.25, 0.3) is 0 Å². The lowest BCUT2D eigenvalue weighted by molar-refractivity contribution is -0.116. The average molecular weight is 307 g/mol. The van der Waals surface area contributed by atoms with Gasteiger partial charge in [0.05, 0.1) is 5.92 Å². The van der Waals surface area contributed by atoms with Gasteiger partial charge in [-0.2, -0.15) is 0 Å². The summed E-state index contributed by atoms with van der Waals surface area (Å²) in [6.45, 7) is 2.33. The predicted molar refractivity (Wildman–Crippen MR) is 87.5 cm³/mol. The number of Topliss-reactive ketones (excluding diaryl/α,β-unsaturated/α-hetero) is 1. The number of halogens is 1. The minimum absolute atomic E-state index is 0.00849. The van der Waals surface area contributed by atoms with E-state index in [0.29, 0.717) is 0 Å². The lowest BCUT2D eigenvalue weighted by Crippen LogP contribution is -2.25. The van der Waals surface area contributed by atoms with Crippen molar-refractivity contribution in [2.75, 3.05) is 13.1 Å². The van der Waals surface area contributed by atoms with Gasteiger partial charge >= 0.3 is 0 Å². The fraction of sp³-hybridized carbons (Fsp3) is 0.250. The van der Waals surface area contributed by atoms with Crippen molar-refractivity contribution in [2.45, 2.75) is 18.9 Å². The van der Waals surface area contributed by atoms with Gasteiger partial charge in [-0.25, -0.2) is 4.39 Å². The van der Waals surface area contributed by atoms with Gasteiger partial charge in [0.2, 0.25) is 0 Å². The molecule has 0 saturated carbocycles. The van der Waals surface area contributed by atoms with E-state index in [1.54, 1.807) is 0 Å². The Morgan fingerprint density at radius 3 is 2.43 bits per heavy atom. The Bertz CT molecular complexity index is 764. The molecule has 2 aromatic carbocycles. The lowest BCUT2D eigenvalue weighted by atomic mass is 9.93. The molecule has 0 fully saturated rings. The Balaban J connectivity index is 1.43. The second-order valence-electron chi connectivity index (χ2n) is 6.39. The van der Waals surface area contributed by atoms with E-state index in [0.717, 1.165) is 42.8 Å². The Kier molecular flexibility index (Phi) is 3.58. The first kappa shape index (κ1) is 14.3. The van der Waals surface area contributed by atoms with Gasteiger partial charge in [-0.15, -0.1) is 0 Å². The molecule has 0 bridgehead atoms. The Labute approximate surface area is 135 Å². The highest BCUT2D eigenvalue weighted by molar-refractivity contribution is 6.04. The van der Waals surface area contributed by atoms with E-state index in [1.165, 1.54) is 17.7 Å². The highest BCUT2D eigenvalue weighted by atomic mass is 19.1.